The summed E-state index contributed by atoms with van der Waals surface area (Å²) in [6.07, 6.45) is 3.16. The lowest BCUT2D eigenvalue weighted by Gasteiger charge is -2.08. The molecule has 1 unspecified atom stereocenters. The third-order valence-electron chi connectivity index (χ3n) is 2.96. The number of amides is 1. The molecule has 104 valence electrons. The standard InChI is InChI=1S/C11H16N4O4/c16-10(12-3-1-8-2-4-19-7-8)6-15-5-9(11(17)18)13-14-15/h5,8H,1-4,6-7H2,(H,12,16)(H,17,18). The molecule has 0 bridgehead atoms. The summed E-state index contributed by atoms with van der Waals surface area (Å²) in [5.41, 5.74) is -0.170. The van der Waals surface area contributed by atoms with E-state index in [-0.39, 0.29) is 18.1 Å². The van der Waals surface area contributed by atoms with Gasteiger partial charge in [0.1, 0.15) is 6.54 Å². The third kappa shape index (κ3) is 4.02. The molecule has 2 heterocycles. The van der Waals surface area contributed by atoms with Crippen molar-refractivity contribution in [3.05, 3.63) is 11.9 Å². The van der Waals surface area contributed by atoms with Crippen LogP contribution in [0.1, 0.15) is 23.3 Å². The molecule has 1 atom stereocenters. The molecule has 1 fully saturated rings. The first-order valence-corrected chi connectivity index (χ1v) is 6.13. The van der Waals surface area contributed by atoms with Crippen LogP contribution in [-0.4, -0.2) is 51.7 Å². The fraction of sp³-hybridized carbons (Fsp3) is 0.636. The second-order valence-electron chi connectivity index (χ2n) is 4.47. The minimum absolute atomic E-state index is 0.0263. The number of rotatable bonds is 6. The van der Waals surface area contributed by atoms with Gasteiger partial charge in [0.05, 0.1) is 6.20 Å². The summed E-state index contributed by atoms with van der Waals surface area (Å²) in [4.78, 5) is 22.2. The van der Waals surface area contributed by atoms with E-state index in [0.29, 0.717) is 12.5 Å². The van der Waals surface area contributed by atoms with Crippen LogP contribution in [-0.2, 0) is 16.1 Å². The van der Waals surface area contributed by atoms with Crippen LogP contribution < -0.4 is 5.32 Å². The van der Waals surface area contributed by atoms with Gasteiger partial charge in [-0.2, -0.15) is 0 Å². The molecule has 19 heavy (non-hydrogen) atoms. The fourth-order valence-corrected chi connectivity index (χ4v) is 1.90. The van der Waals surface area contributed by atoms with Gasteiger partial charge in [-0.15, -0.1) is 5.10 Å². The maximum atomic E-state index is 11.6. The van der Waals surface area contributed by atoms with Gasteiger partial charge >= 0.3 is 5.97 Å². The molecule has 1 saturated heterocycles. The molecule has 0 spiro atoms. The second kappa shape index (κ2) is 6.28. The van der Waals surface area contributed by atoms with E-state index in [2.05, 4.69) is 15.6 Å². The highest BCUT2D eigenvalue weighted by molar-refractivity contribution is 5.84. The molecule has 2 rings (SSSR count). The predicted molar refractivity (Wildman–Crippen MR) is 63.5 cm³/mol. The Labute approximate surface area is 109 Å². The zero-order chi connectivity index (χ0) is 13.7. The summed E-state index contributed by atoms with van der Waals surface area (Å²) in [5, 5.41) is 18.4. The van der Waals surface area contributed by atoms with Crippen LogP contribution in [0.5, 0.6) is 0 Å². The number of carbonyl (C=O) groups excluding carboxylic acids is 1. The number of hydrogen-bond acceptors (Lipinski definition) is 5. The number of carboxylic acids is 1. The van der Waals surface area contributed by atoms with Crippen molar-refractivity contribution in [3.8, 4) is 0 Å². The van der Waals surface area contributed by atoms with Gasteiger partial charge < -0.3 is 15.2 Å². The number of carboxylic acid groups (broad SMARTS) is 1. The smallest absolute Gasteiger partial charge is 0.358 e. The summed E-state index contributed by atoms with van der Waals surface area (Å²) < 4.78 is 6.45. The third-order valence-corrected chi connectivity index (χ3v) is 2.96. The second-order valence-corrected chi connectivity index (χ2v) is 4.47. The Bertz CT molecular complexity index is 453. The Morgan fingerprint density at radius 3 is 3.05 bits per heavy atom. The summed E-state index contributed by atoms with van der Waals surface area (Å²) in [5.74, 6) is -0.848. The van der Waals surface area contributed by atoms with Crippen molar-refractivity contribution in [2.45, 2.75) is 19.4 Å². The largest absolute Gasteiger partial charge is 0.476 e. The molecule has 8 heteroatoms. The van der Waals surface area contributed by atoms with Crippen molar-refractivity contribution in [2.24, 2.45) is 5.92 Å². The fourth-order valence-electron chi connectivity index (χ4n) is 1.90. The lowest BCUT2D eigenvalue weighted by molar-refractivity contribution is -0.121. The summed E-state index contributed by atoms with van der Waals surface area (Å²) in [7, 11) is 0. The Morgan fingerprint density at radius 2 is 2.42 bits per heavy atom. The van der Waals surface area contributed by atoms with E-state index in [0.717, 1.165) is 26.1 Å². The Morgan fingerprint density at radius 1 is 1.58 bits per heavy atom. The van der Waals surface area contributed by atoms with Crippen LogP contribution in [0.25, 0.3) is 0 Å². The van der Waals surface area contributed by atoms with Crippen molar-refractivity contribution in [3.63, 3.8) is 0 Å². The molecule has 1 aliphatic heterocycles. The molecular formula is C11H16N4O4. The van der Waals surface area contributed by atoms with Crippen LogP contribution >= 0.6 is 0 Å². The molecule has 1 amide bonds. The lowest BCUT2D eigenvalue weighted by Crippen LogP contribution is -2.29. The molecule has 0 radical (unpaired) electrons. The molecule has 1 aliphatic rings. The van der Waals surface area contributed by atoms with Gasteiger partial charge in [0, 0.05) is 19.8 Å². The number of nitrogens with one attached hydrogen (secondary N) is 1. The molecule has 8 nitrogen and oxygen atoms in total. The highest BCUT2D eigenvalue weighted by Gasteiger charge is 2.15. The quantitative estimate of drug-likeness (QED) is 0.721. The van der Waals surface area contributed by atoms with Gasteiger partial charge in [-0.05, 0) is 18.8 Å². The van der Waals surface area contributed by atoms with E-state index in [4.69, 9.17) is 9.84 Å². The van der Waals surface area contributed by atoms with Crippen LogP contribution in [0.2, 0.25) is 0 Å². The van der Waals surface area contributed by atoms with E-state index < -0.39 is 5.97 Å². The van der Waals surface area contributed by atoms with Gasteiger partial charge in [0.15, 0.2) is 5.69 Å². The van der Waals surface area contributed by atoms with Gasteiger partial charge in [0.2, 0.25) is 5.91 Å². The van der Waals surface area contributed by atoms with Crippen molar-refractivity contribution < 1.29 is 19.4 Å². The average molecular weight is 268 g/mol. The lowest BCUT2D eigenvalue weighted by atomic mass is 10.1. The van der Waals surface area contributed by atoms with E-state index in [9.17, 15) is 9.59 Å². The monoisotopic (exact) mass is 268 g/mol. The molecule has 2 N–H and O–H groups in total. The minimum Gasteiger partial charge on any atom is -0.476 e. The number of hydrogen-bond donors (Lipinski definition) is 2. The van der Waals surface area contributed by atoms with Crippen LogP contribution in [0, 0.1) is 5.92 Å². The van der Waals surface area contributed by atoms with Crippen molar-refractivity contribution in [2.75, 3.05) is 19.8 Å². The van der Waals surface area contributed by atoms with Gasteiger partial charge in [0.25, 0.3) is 0 Å². The first kappa shape index (κ1) is 13.5. The van der Waals surface area contributed by atoms with E-state index in [1.165, 1.54) is 10.9 Å². The normalized spacial score (nSPS) is 18.4. The Kier molecular flexibility index (Phi) is 4.45. The first-order chi connectivity index (χ1) is 9.15. The number of aromatic carboxylic acids is 1. The van der Waals surface area contributed by atoms with Gasteiger partial charge in [-0.3, -0.25) is 4.79 Å². The number of nitrogens with zero attached hydrogens (tertiary/aromatic N) is 3. The molecule has 1 aromatic heterocycles. The van der Waals surface area contributed by atoms with E-state index in [1.807, 2.05) is 0 Å². The first-order valence-electron chi connectivity index (χ1n) is 6.13. The van der Waals surface area contributed by atoms with Crippen LogP contribution in [0.15, 0.2) is 6.20 Å². The van der Waals surface area contributed by atoms with Crippen molar-refractivity contribution in [1.82, 2.24) is 20.3 Å². The zero-order valence-corrected chi connectivity index (χ0v) is 10.4. The molecular weight excluding hydrogens is 252 g/mol. The predicted octanol–water partition coefficient (Wildman–Crippen LogP) is -0.481. The summed E-state index contributed by atoms with van der Waals surface area (Å²) in [6.45, 7) is 2.13. The van der Waals surface area contributed by atoms with Gasteiger partial charge in [-0.25, -0.2) is 9.48 Å². The number of carbonyl (C=O) groups is 2. The number of ether oxygens (including phenoxy) is 1. The van der Waals surface area contributed by atoms with E-state index in [1.54, 1.807) is 0 Å². The summed E-state index contributed by atoms with van der Waals surface area (Å²) in [6, 6.07) is 0. The zero-order valence-electron chi connectivity index (χ0n) is 10.4. The highest BCUT2D eigenvalue weighted by atomic mass is 16.5. The molecule has 0 saturated carbocycles. The molecule has 0 aliphatic carbocycles. The highest BCUT2D eigenvalue weighted by Crippen LogP contribution is 2.14. The van der Waals surface area contributed by atoms with Crippen LogP contribution in [0.4, 0.5) is 0 Å². The van der Waals surface area contributed by atoms with E-state index >= 15 is 0 Å². The van der Waals surface area contributed by atoms with Gasteiger partial charge in [-0.1, -0.05) is 5.21 Å². The number of aromatic nitrogens is 3. The summed E-state index contributed by atoms with van der Waals surface area (Å²) >= 11 is 0. The Hall–Kier alpha value is -1.96. The molecule has 1 aromatic rings. The minimum atomic E-state index is -1.16. The molecule has 0 aromatic carbocycles. The maximum absolute atomic E-state index is 11.6. The van der Waals surface area contributed by atoms with Crippen LogP contribution in [0.3, 0.4) is 0 Å². The van der Waals surface area contributed by atoms with Crippen molar-refractivity contribution in [1.29, 1.82) is 0 Å². The Balaban J connectivity index is 1.69. The SMILES string of the molecule is O=C(Cn1cc(C(=O)O)nn1)NCCC1CCOC1. The van der Waals surface area contributed by atoms with Crippen molar-refractivity contribution >= 4 is 11.9 Å². The average Bonchev–Trinajstić information content (AvgIpc) is 3.00. The maximum Gasteiger partial charge on any atom is 0.358 e. The topological polar surface area (TPSA) is 106 Å².